The van der Waals surface area contributed by atoms with Crippen LogP contribution in [0.5, 0.6) is 17.2 Å². The molecule has 0 radical (unpaired) electrons. The summed E-state index contributed by atoms with van der Waals surface area (Å²) in [6, 6.07) is 19.8. The van der Waals surface area contributed by atoms with Gasteiger partial charge in [-0.15, -0.1) is 0 Å². The second-order valence-corrected chi connectivity index (χ2v) is 8.05. The molecule has 0 aliphatic carbocycles. The molecule has 0 saturated carbocycles. The van der Waals surface area contributed by atoms with Crippen molar-refractivity contribution in [2.45, 2.75) is 26.5 Å². The summed E-state index contributed by atoms with van der Waals surface area (Å²) in [5.74, 6) is 1.88. The SMILES string of the molecule is COc1ccc(CNC(=O)[C@H](C)Oc2ccc3c(=O)c(-c4ccccc4)c(C)oc3c2)cc1OC. The number of nitrogens with one attached hydrogen (secondary N) is 1. The van der Waals surface area contributed by atoms with Gasteiger partial charge in [-0.2, -0.15) is 0 Å². The van der Waals surface area contributed by atoms with E-state index in [1.54, 1.807) is 52.3 Å². The van der Waals surface area contributed by atoms with Crippen molar-refractivity contribution in [1.29, 1.82) is 0 Å². The topological polar surface area (TPSA) is 87.0 Å². The maximum absolute atomic E-state index is 13.1. The van der Waals surface area contributed by atoms with Gasteiger partial charge in [0.2, 0.25) is 5.43 Å². The summed E-state index contributed by atoms with van der Waals surface area (Å²) in [5.41, 5.74) is 2.50. The number of benzene rings is 3. The molecule has 0 bridgehead atoms. The van der Waals surface area contributed by atoms with Gasteiger partial charge >= 0.3 is 0 Å². The molecule has 1 N–H and O–H groups in total. The monoisotopic (exact) mass is 473 g/mol. The molecule has 0 saturated heterocycles. The molecule has 1 atom stereocenters. The number of carbonyl (C=O) groups is 1. The van der Waals surface area contributed by atoms with Gasteiger partial charge in [0.15, 0.2) is 17.6 Å². The van der Waals surface area contributed by atoms with Crippen molar-refractivity contribution in [2.24, 2.45) is 0 Å². The van der Waals surface area contributed by atoms with Gasteiger partial charge in [-0.25, -0.2) is 0 Å². The minimum atomic E-state index is -0.760. The maximum Gasteiger partial charge on any atom is 0.261 e. The van der Waals surface area contributed by atoms with Gasteiger partial charge in [0.25, 0.3) is 5.91 Å². The van der Waals surface area contributed by atoms with Gasteiger partial charge in [0.05, 0.1) is 25.2 Å². The molecular weight excluding hydrogens is 446 g/mol. The van der Waals surface area contributed by atoms with Gasteiger partial charge in [-0.05, 0) is 49.2 Å². The summed E-state index contributed by atoms with van der Waals surface area (Å²) in [4.78, 5) is 25.7. The number of rotatable bonds is 8. The normalized spacial score (nSPS) is 11.7. The predicted octanol–water partition coefficient (Wildman–Crippen LogP) is 4.87. The smallest absolute Gasteiger partial charge is 0.261 e. The summed E-state index contributed by atoms with van der Waals surface area (Å²) in [7, 11) is 3.13. The molecule has 0 unspecified atom stereocenters. The first-order chi connectivity index (χ1) is 16.9. The lowest BCUT2D eigenvalue weighted by molar-refractivity contribution is -0.127. The number of hydrogen-bond acceptors (Lipinski definition) is 6. The summed E-state index contributed by atoms with van der Waals surface area (Å²) in [6.07, 6.45) is -0.760. The Bertz CT molecular complexity index is 1410. The van der Waals surface area contributed by atoms with Crippen LogP contribution in [0.25, 0.3) is 22.1 Å². The average molecular weight is 474 g/mol. The Labute approximate surface area is 203 Å². The van der Waals surface area contributed by atoms with Gasteiger partial charge < -0.3 is 23.9 Å². The van der Waals surface area contributed by atoms with Crippen LogP contribution in [-0.4, -0.2) is 26.2 Å². The summed E-state index contributed by atoms with van der Waals surface area (Å²) in [6.45, 7) is 3.73. The molecule has 1 aromatic heterocycles. The Hall–Kier alpha value is -4.26. The van der Waals surface area contributed by atoms with Gasteiger partial charge in [-0.3, -0.25) is 9.59 Å². The fraction of sp³-hybridized carbons (Fsp3) is 0.214. The number of carbonyl (C=O) groups excluding carboxylic acids is 1. The van der Waals surface area contributed by atoms with Crippen LogP contribution in [0, 0.1) is 6.92 Å². The fourth-order valence-electron chi connectivity index (χ4n) is 3.88. The molecule has 4 aromatic rings. The van der Waals surface area contributed by atoms with Gasteiger partial charge in [-0.1, -0.05) is 36.4 Å². The number of amides is 1. The quantitative estimate of drug-likeness (QED) is 0.393. The molecule has 3 aromatic carbocycles. The van der Waals surface area contributed by atoms with Crippen LogP contribution >= 0.6 is 0 Å². The molecule has 7 heteroatoms. The summed E-state index contributed by atoms with van der Waals surface area (Å²) < 4.78 is 22.3. The number of methoxy groups -OCH3 is 2. The van der Waals surface area contributed by atoms with Crippen LogP contribution in [0.15, 0.2) is 75.9 Å². The van der Waals surface area contributed by atoms with Crippen LogP contribution in [-0.2, 0) is 11.3 Å². The second-order valence-electron chi connectivity index (χ2n) is 8.05. The molecule has 1 amide bonds. The molecule has 35 heavy (non-hydrogen) atoms. The average Bonchev–Trinajstić information content (AvgIpc) is 2.87. The Morgan fingerprint density at radius 3 is 2.43 bits per heavy atom. The molecule has 4 rings (SSSR count). The Kier molecular flexibility index (Phi) is 7.06. The summed E-state index contributed by atoms with van der Waals surface area (Å²) in [5, 5.41) is 3.31. The fourth-order valence-corrected chi connectivity index (χ4v) is 3.88. The van der Waals surface area contributed by atoms with Crippen molar-refractivity contribution in [3.05, 3.63) is 88.3 Å². The lowest BCUT2D eigenvalue weighted by Gasteiger charge is -2.16. The zero-order chi connectivity index (χ0) is 24.9. The van der Waals surface area contributed by atoms with E-state index in [1.807, 2.05) is 42.5 Å². The van der Waals surface area contributed by atoms with Gasteiger partial charge in [0, 0.05) is 12.6 Å². The van der Waals surface area contributed by atoms with Crippen LogP contribution in [0.4, 0.5) is 0 Å². The lowest BCUT2D eigenvalue weighted by atomic mass is 10.0. The predicted molar refractivity (Wildman–Crippen MR) is 134 cm³/mol. The van der Waals surface area contributed by atoms with E-state index in [2.05, 4.69) is 5.32 Å². The Morgan fingerprint density at radius 2 is 1.71 bits per heavy atom. The number of hydrogen-bond donors (Lipinski definition) is 1. The highest BCUT2D eigenvalue weighted by Gasteiger charge is 2.17. The van der Waals surface area contributed by atoms with Crippen LogP contribution in [0.1, 0.15) is 18.2 Å². The van der Waals surface area contributed by atoms with Crippen LogP contribution in [0.2, 0.25) is 0 Å². The van der Waals surface area contributed by atoms with Crippen molar-refractivity contribution in [3.8, 4) is 28.4 Å². The number of ether oxygens (including phenoxy) is 3. The first-order valence-electron chi connectivity index (χ1n) is 11.2. The van der Waals surface area contributed by atoms with E-state index in [0.29, 0.717) is 46.1 Å². The van der Waals surface area contributed by atoms with Crippen molar-refractivity contribution in [3.63, 3.8) is 0 Å². The van der Waals surface area contributed by atoms with Crippen molar-refractivity contribution >= 4 is 16.9 Å². The largest absolute Gasteiger partial charge is 0.493 e. The molecular formula is C28H27NO6. The highest BCUT2D eigenvalue weighted by molar-refractivity contribution is 5.84. The zero-order valence-electron chi connectivity index (χ0n) is 20.1. The van der Waals surface area contributed by atoms with E-state index in [4.69, 9.17) is 18.6 Å². The second kappa shape index (κ2) is 10.3. The molecule has 0 aliphatic rings. The van der Waals surface area contributed by atoms with E-state index >= 15 is 0 Å². The molecule has 1 heterocycles. The van der Waals surface area contributed by atoms with Crippen molar-refractivity contribution in [2.75, 3.05) is 14.2 Å². The first kappa shape index (κ1) is 23.9. The zero-order valence-corrected chi connectivity index (χ0v) is 20.1. The standard InChI is InChI=1S/C28H27NO6/c1-17-26(20-8-6-5-7-9-20)27(30)22-12-11-21(15-24(22)35-17)34-18(2)28(31)29-16-19-10-13-23(32-3)25(14-19)33-4/h5-15,18H,16H2,1-4H3,(H,29,31)/t18-/m0/s1. The van der Waals surface area contributed by atoms with E-state index in [9.17, 15) is 9.59 Å². The van der Waals surface area contributed by atoms with E-state index in [1.165, 1.54) is 0 Å². The van der Waals surface area contributed by atoms with Crippen LogP contribution in [0.3, 0.4) is 0 Å². The minimum absolute atomic E-state index is 0.109. The summed E-state index contributed by atoms with van der Waals surface area (Å²) >= 11 is 0. The first-order valence-corrected chi connectivity index (χ1v) is 11.2. The molecule has 0 aliphatic heterocycles. The maximum atomic E-state index is 13.1. The third-order valence-corrected chi connectivity index (χ3v) is 5.70. The van der Waals surface area contributed by atoms with Gasteiger partial charge in [0.1, 0.15) is 17.1 Å². The number of fused-ring (bicyclic) bond motifs is 1. The highest BCUT2D eigenvalue weighted by Crippen LogP contribution is 2.28. The molecule has 7 nitrogen and oxygen atoms in total. The van der Waals surface area contributed by atoms with E-state index in [-0.39, 0.29) is 11.3 Å². The van der Waals surface area contributed by atoms with Crippen LogP contribution < -0.4 is 25.0 Å². The van der Waals surface area contributed by atoms with Crippen molar-refractivity contribution < 1.29 is 23.4 Å². The molecule has 180 valence electrons. The Morgan fingerprint density at radius 1 is 0.971 bits per heavy atom. The van der Waals surface area contributed by atoms with E-state index < -0.39 is 6.10 Å². The van der Waals surface area contributed by atoms with Crippen molar-refractivity contribution in [1.82, 2.24) is 5.32 Å². The third-order valence-electron chi connectivity index (χ3n) is 5.70. The molecule has 0 fully saturated rings. The Balaban J connectivity index is 1.47. The third kappa shape index (κ3) is 5.14. The number of aryl methyl sites for hydroxylation is 1. The van der Waals surface area contributed by atoms with E-state index in [0.717, 1.165) is 11.1 Å². The lowest BCUT2D eigenvalue weighted by Crippen LogP contribution is -2.35. The molecule has 0 spiro atoms. The minimum Gasteiger partial charge on any atom is -0.493 e. The highest BCUT2D eigenvalue weighted by atomic mass is 16.5.